The topological polar surface area (TPSA) is 54.9 Å². The fourth-order valence-electron chi connectivity index (χ4n) is 4.38. The summed E-state index contributed by atoms with van der Waals surface area (Å²) in [5, 5.41) is 2.98. The van der Waals surface area contributed by atoms with E-state index < -0.39 is 0 Å². The predicted octanol–water partition coefficient (Wildman–Crippen LogP) is 5.14. The van der Waals surface area contributed by atoms with Gasteiger partial charge in [-0.05, 0) is 29.4 Å². The lowest BCUT2D eigenvalue weighted by Gasteiger charge is -2.25. The summed E-state index contributed by atoms with van der Waals surface area (Å²) < 4.78 is 12.5. The summed E-state index contributed by atoms with van der Waals surface area (Å²) >= 11 is 1.53. The number of ether oxygens (including phenoxy) is 2. The molecule has 6 nitrogen and oxygen atoms in total. The minimum absolute atomic E-state index is 0.0554. The molecule has 1 aromatic heterocycles. The second kappa shape index (κ2) is 9.99. The molecule has 1 amide bonds. The number of rotatable bonds is 8. The lowest BCUT2D eigenvalue weighted by Crippen LogP contribution is -2.39. The van der Waals surface area contributed by atoms with E-state index in [1.165, 1.54) is 11.3 Å². The van der Waals surface area contributed by atoms with Crippen molar-refractivity contribution in [1.82, 2.24) is 9.88 Å². The highest BCUT2D eigenvalue weighted by Crippen LogP contribution is 2.39. The summed E-state index contributed by atoms with van der Waals surface area (Å²) in [7, 11) is 0. The first kappa shape index (κ1) is 22.6. The molecule has 0 radical (unpaired) electrons. The van der Waals surface area contributed by atoms with Crippen LogP contribution in [0.25, 0.3) is 21.0 Å². The van der Waals surface area contributed by atoms with Gasteiger partial charge in [0.25, 0.3) is 0 Å². The number of fused-ring (bicyclic) bond motifs is 3. The van der Waals surface area contributed by atoms with Crippen LogP contribution in [-0.2, 0) is 11.2 Å². The number of likely N-dealkylation sites (N-methyl/N-ethyl adjacent to an activating group) is 1. The van der Waals surface area contributed by atoms with E-state index >= 15 is 0 Å². The van der Waals surface area contributed by atoms with Crippen molar-refractivity contribution in [2.24, 2.45) is 0 Å². The van der Waals surface area contributed by atoms with Crippen LogP contribution in [0.15, 0.2) is 54.6 Å². The van der Waals surface area contributed by atoms with Crippen LogP contribution in [0.4, 0.5) is 5.13 Å². The van der Waals surface area contributed by atoms with Gasteiger partial charge in [-0.1, -0.05) is 67.6 Å². The van der Waals surface area contributed by atoms with Gasteiger partial charge in [0, 0.05) is 25.2 Å². The van der Waals surface area contributed by atoms with Gasteiger partial charge < -0.3 is 14.4 Å². The number of amides is 1. The zero-order chi connectivity index (χ0) is 23.5. The molecule has 0 saturated carbocycles. The van der Waals surface area contributed by atoms with Crippen LogP contribution in [0.3, 0.4) is 0 Å². The molecule has 5 rings (SSSR count). The van der Waals surface area contributed by atoms with E-state index in [1.807, 2.05) is 41.3 Å². The first-order chi connectivity index (χ1) is 16.7. The summed E-state index contributed by atoms with van der Waals surface area (Å²) in [6.07, 6.45) is 0.332. The van der Waals surface area contributed by atoms with Gasteiger partial charge >= 0.3 is 0 Å². The van der Waals surface area contributed by atoms with E-state index in [0.717, 1.165) is 57.1 Å². The summed E-state index contributed by atoms with van der Waals surface area (Å²) in [6, 6.07) is 18.3. The standard InChI is InChI=1S/C27H29N3O3S/c1-3-29(4-2)12-13-30(26(31)16-20-10-7-9-19-8-5-6-11-21(19)20)27-28-22-17-23-24(18-25(22)34-27)33-15-14-32-23/h5-11,17-18H,3-4,12-16H2,1-2H3. The predicted molar refractivity (Wildman–Crippen MR) is 138 cm³/mol. The first-order valence-electron chi connectivity index (χ1n) is 11.9. The number of aromatic nitrogens is 1. The van der Waals surface area contributed by atoms with Gasteiger partial charge in [-0.15, -0.1) is 0 Å². The van der Waals surface area contributed by atoms with Gasteiger partial charge in [0.2, 0.25) is 5.91 Å². The van der Waals surface area contributed by atoms with Crippen LogP contribution in [0.1, 0.15) is 19.4 Å². The van der Waals surface area contributed by atoms with Crippen molar-refractivity contribution in [2.75, 3.05) is 44.3 Å². The summed E-state index contributed by atoms with van der Waals surface area (Å²) in [4.78, 5) is 22.7. The fourth-order valence-corrected chi connectivity index (χ4v) is 5.40. The molecule has 3 aromatic carbocycles. The number of carbonyl (C=O) groups is 1. The van der Waals surface area contributed by atoms with Crippen LogP contribution in [0.5, 0.6) is 11.5 Å². The van der Waals surface area contributed by atoms with Crippen LogP contribution in [0.2, 0.25) is 0 Å². The van der Waals surface area contributed by atoms with Gasteiger partial charge in [0.1, 0.15) is 13.2 Å². The van der Waals surface area contributed by atoms with E-state index in [9.17, 15) is 4.79 Å². The highest BCUT2D eigenvalue weighted by molar-refractivity contribution is 7.22. The highest BCUT2D eigenvalue weighted by Gasteiger charge is 2.23. The van der Waals surface area contributed by atoms with Crippen LogP contribution in [0, 0.1) is 0 Å². The van der Waals surface area contributed by atoms with Crippen molar-refractivity contribution in [3.05, 3.63) is 60.2 Å². The average Bonchev–Trinajstić information content (AvgIpc) is 3.27. The zero-order valence-corrected chi connectivity index (χ0v) is 20.4. The zero-order valence-electron chi connectivity index (χ0n) is 19.6. The molecule has 1 aliphatic heterocycles. The largest absolute Gasteiger partial charge is 0.486 e. The molecule has 0 spiro atoms. The fraction of sp³-hybridized carbons (Fsp3) is 0.333. The Morgan fingerprint density at radius 1 is 0.971 bits per heavy atom. The smallest absolute Gasteiger partial charge is 0.233 e. The maximum absolute atomic E-state index is 13.7. The summed E-state index contributed by atoms with van der Waals surface area (Å²) in [6.45, 7) is 8.66. The Kier molecular flexibility index (Phi) is 6.65. The average molecular weight is 476 g/mol. The minimum Gasteiger partial charge on any atom is -0.486 e. The Bertz CT molecular complexity index is 1270. The van der Waals surface area contributed by atoms with Gasteiger partial charge in [-0.3, -0.25) is 9.69 Å². The molecule has 4 aromatic rings. The van der Waals surface area contributed by atoms with Crippen LogP contribution >= 0.6 is 11.3 Å². The monoisotopic (exact) mass is 475 g/mol. The molecule has 0 fully saturated rings. The third-order valence-corrected chi connectivity index (χ3v) is 7.37. The molecule has 0 aliphatic carbocycles. The maximum Gasteiger partial charge on any atom is 0.233 e. The summed E-state index contributed by atoms with van der Waals surface area (Å²) in [5.41, 5.74) is 1.87. The van der Waals surface area contributed by atoms with Crippen molar-refractivity contribution >= 4 is 43.4 Å². The van der Waals surface area contributed by atoms with Crippen LogP contribution < -0.4 is 14.4 Å². The third-order valence-electron chi connectivity index (χ3n) is 6.33. The second-order valence-corrected chi connectivity index (χ2v) is 9.36. The first-order valence-corrected chi connectivity index (χ1v) is 12.7. The Morgan fingerprint density at radius 2 is 1.71 bits per heavy atom. The number of anilines is 1. The second-order valence-electron chi connectivity index (χ2n) is 8.35. The Morgan fingerprint density at radius 3 is 2.50 bits per heavy atom. The molecule has 2 heterocycles. The van der Waals surface area contributed by atoms with Crippen molar-refractivity contribution in [1.29, 1.82) is 0 Å². The molecule has 34 heavy (non-hydrogen) atoms. The number of carbonyl (C=O) groups excluding carboxylic acids is 1. The van der Waals surface area contributed by atoms with Crippen LogP contribution in [-0.4, -0.2) is 55.2 Å². The molecule has 0 bridgehead atoms. The quantitative estimate of drug-likeness (QED) is 0.353. The number of hydrogen-bond donors (Lipinski definition) is 0. The third kappa shape index (κ3) is 4.58. The molecular weight excluding hydrogens is 446 g/mol. The normalized spacial score (nSPS) is 13.0. The molecule has 176 valence electrons. The molecule has 0 atom stereocenters. The number of nitrogens with zero attached hydrogens (tertiary/aromatic N) is 3. The van der Waals surface area contributed by atoms with Crippen molar-refractivity contribution in [3.63, 3.8) is 0 Å². The minimum atomic E-state index is 0.0554. The van der Waals surface area contributed by atoms with Gasteiger partial charge in [-0.25, -0.2) is 4.98 Å². The Balaban J connectivity index is 1.47. The van der Waals surface area contributed by atoms with Gasteiger partial charge in [0.15, 0.2) is 16.6 Å². The van der Waals surface area contributed by atoms with Gasteiger partial charge in [0.05, 0.1) is 16.6 Å². The maximum atomic E-state index is 13.7. The van der Waals surface area contributed by atoms with Crippen molar-refractivity contribution < 1.29 is 14.3 Å². The number of benzene rings is 3. The van der Waals surface area contributed by atoms with E-state index in [4.69, 9.17) is 14.5 Å². The van der Waals surface area contributed by atoms with Crippen molar-refractivity contribution in [2.45, 2.75) is 20.3 Å². The van der Waals surface area contributed by atoms with Gasteiger partial charge in [-0.2, -0.15) is 0 Å². The number of hydrogen-bond acceptors (Lipinski definition) is 6. The van der Waals surface area contributed by atoms with E-state index in [1.54, 1.807) is 0 Å². The molecule has 0 N–H and O–H groups in total. The SMILES string of the molecule is CCN(CC)CCN(C(=O)Cc1cccc2ccccc12)c1nc2cc3c(cc2s1)OCCO3. The van der Waals surface area contributed by atoms with E-state index in [0.29, 0.717) is 31.9 Å². The molecule has 0 unspecified atom stereocenters. The molecule has 1 aliphatic rings. The Labute approximate surface area is 203 Å². The summed E-state index contributed by atoms with van der Waals surface area (Å²) in [5.74, 6) is 1.51. The van der Waals surface area contributed by atoms with Crippen molar-refractivity contribution in [3.8, 4) is 11.5 Å². The van der Waals surface area contributed by atoms with E-state index in [-0.39, 0.29) is 5.91 Å². The highest BCUT2D eigenvalue weighted by atomic mass is 32.1. The lowest BCUT2D eigenvalue weighted by molar-refractivity contribution is -0.118. The molecule has 7 heteroatoms. The lowest BCUT2D eigenvalue weighted by atomic mass is 10.0. The molecular formula is C27H29N3O3S. The molecule has 0 saturated heterocycles. The van der Waals surface area contributed by atoms with E-state index in [2.05, 4.69) is 36.9 Å². The Hall–Kier alpha value is -3.16. The number of thiazole rings is 1.